The fraction of sp³-hybridized carbons (Fsp3) is 0.259. The van der Waals surface area contributed by atoms with Gasteiger partial charge in [0.15, 0.2) is 22.3 Å². The van der Waals surface area contributed by atoms with Gasteiger partial charge in [-0.1, -0.05) is 29.8 Å². The average molecular weight is 562 g/mol. The SMILES string of the molecule is CCOc1cccc2c1OC1(C)C(C(=O)Nc3ccc(Cl)cc3)C2NC(=S)N1c1cccc(C(F)(F)F)c1. The maximum Gasteiger partial charge on any atom is 0.416 e. The Balaban J connectivity index is 1.65. The summed E-state index contributed by atoms with van der Waals surface area (Å²) in [4.78, 5) is 15.3. The van der Waals surface area contributed by atoms with Gasteiger partial charge in [-0.3, -0.25) is 9.69 Å². The van der Waals surface area contributed by atoms with Crippen LogP contribution in [-0.2, 0) is 11.0 Å². The van der Waals surface area contributed by atoms with Crippen LogP contribution in [0.3, 0.4) is 0 Å². The van der Waals surface area contributed by atoms with Crippen LogP contribution in [0.1, 0.15) is 31.0 Å². The smallest absolute Gasteiger partial charge is 0.416 e. The monoisotopic (exact) mass is 561 g/mol. The number of carbonyl (C=O) groups is 1. The first-order chi connectivity index (χ1) is 18.0. The molecule has 0 spiro atoms. The predicted molar refractivity (Wildman–Crippen MR) is 143 cm³/mol. The average Bonchev–Trinajstić information content (AvgIpc) is 2.85. The standard InChI is InChI=1S/C27H23ClF3N3O3S/c1-3-36-20-9-5-8-19-22-21(24(35)32-17-12-10-16(28)11-13-17)26(2,37-23(19)20)34(25(38)33-22)18-7-4-6-15(14-18)27(29,30)31/h4-14,21-22H,3H2,1-2H3,(H,32,35)(H,33,38). The second kappa shape index (κ2) is 9.67. The quantitative estimate of drug-likeness (QED) is 0.344. The van der Waals surface area contributed by atoms with Crippen molar-refractivity contribution in [2.24, 2.45) is 5.92 Å². The zero-order valence-electron chi connectivity index (χ0n) is 20.3. The molecule has 1 amide bonds. The summed E-state index contributed by atoms with van der Waals surface area (Å²) in [6, 6.07) is 16.0. The van der Waals surface area contributed by atoms with E-state index < -0.39 is 35.3 Å². The van der Waals surface area contributed by atoms with Crippen LogP contribution < -0.4 is 25.0 Å². The van der Waals surface area contributed by atoms with Gasteiger partial charge in [0.2, 0.25) is 5.91 Å². The lowest BCUT2D eigenvalue weighted by molar-refractivity contribution is -0.137. The minimum Gasteiger partial charge on any atom is -0.490 e. The van der Waals surface area contributed by atoms with Crippen molar-refractivity contribution in [3.8, 4) is 11.5 Å². The summed E-state index contributed by atoms with van der Waals surface area (Å²) in [6.07, 6.45) is -4.57. The number of halogens is 4. The molecule has 5 rings (SSSR count). The fourth-order valence-corrected chi connectivity index (χ4v) is 5.54. The molecule has 2 aliphatic rings. The molecule has 3 aromatic rings. The number of ether oxygens (including phenoxy) is 2. The Labute approximate surface area is 227 Å². The van der Waals surface area contributed by atoms with E-state index in [4.69, 9.17) is 33.3 Å². The van der Waals surface area contributed by atoms with Crippen LogP contribution in [0.4, 0.5) is 24.5 Å². The van der Waals surface area contributed by atoms with Crippen molar-refractivity contribution in [2.75, 3.05) is 16.8 Å². The first kappa shape index (κ1) is 26.1. The molecule has 0 saturated carbocycles. The Bertz CT molecular complexity index is 1400. The molecule has 2 bridgehead atoms. The van der Waals surface area contributed by atoms with Crippen molar-refractivity contribution in [1.82, 2.24) is 5.32 Å². The number of fused-ring (bicyclic) bond motifs is 4. The van der Waals surface area contributed by atoms with Crippen molar-refractivity contribution in [1.29, 1.82) is 0 Å². The third kappa shape index (κ3) is 4.52. The van der Waals surface area contributed by atoms with Gasteiger partial charge in [0.1, 0.15) is 5.92 Å². The minimum absolute atomic E-state index is 0.125. The number of anilines is 2. The number of carbonyl (C=O) groups excluding carboxylic acids is 1. The summed E-state index contributed by atoms with van der Waals surface area (Å²) in [6.45, 7) is 3.84. The number of hydrogen-bond donors (Lipinski definition) is 2. The summed E-state index contributed by atoms with van der Waals surface area (Å²) < 4.78 is 53.1. The van der Waals surface area contributed by atoms with Gasteiger partial charge in [-0.25, -0.2) is 0 Å². The van der Waals surface area contributed by atoms with Gasteiger partial charge in [0.25, 0.3) is 0 Å². The number of para-hydroxylation sites is 1. The molecule has 3 unspecified atom stereocenters. The number of nitrogens with zero attached hydrogens (tertiary/aromatic N) is 1. The van der Waals surface area contributed by atoms with Crippen LogP contribution in [0.25, 0.3) is 0 Å². The highest BCUT2D eigenvalue weighted by atomic mass is 35.5. The molecule has 198 valence electrons. The summed E-state index contributed by atoms with van der Waals surface area (Å²) in [7, 11) is 0. The Morgan fingerprint density at radius 1 is 1.18 bits per heavy atom. The second-order valence-corrected chi connectivity index (χ2v) is 9.87. The van der Waals surface area contributed by atoms with Gasteiger partial charge in [-0.2, -0.15) is 13.2 Å². The molecule has 1 saturated heterocycles. The number of thiocarbonyl (C=S) groups is 1. The highest BCUT2D eigenvalue weighted by molar-refractivity contribution is 7.80. The molecule has 2 aliphatic heterocycles. The molecule has 0 aromatic heterocycles. The van der Waals surface area contributed by atoms with Gasteiger partial charge < -0.3 is 20.1 Å². The molecule has 3 atom stereocenters. The number of rotatable bonds is 5. The molecule has 1 fully saturated rings. The molecule has 0 aliphatic carbocycles. The van der Waals surface area contributed by atoms with Crippen LogP contribution in [0, 0.1) is 5.92 Å². The number of nitrogens with one attached hydrogen (secondary N) is 2. The second-order valence-electron chi connectivity index (χ2n) is 9.05. The van der Waals surface area contributed by atoms with Gasteiger partial charge >= 0.3 is 6.18 Å². The number of hydrogen-bond acceptors (Lipinski definition) is 4. The third-order valence-electron chi connectivity index (χ3n) is 6.62. The summed E-state index contributed by atoms with van der Waals surface area (Å²) in [5.74, 6) is -0.510. The van der Waals surface area contributed by atoms with Gasteiger partial charge in [-0.05, 0) is 74.6 Å². The van der Waals surface area contributed by atoms with E-state index in [0.29, 0.717) is 34.4 Å². The largest absolute Gasteiger partial charge is 0.490 e. The van der Waals surface area contributed by atoms with Gasteiger partial charge in [0, 0.05) is 22.0 Å². The van der Waals surface area contributed by atoms with Crippen LogP contribution in [0.15, 0.2) is 66.7 Å². The summed E-state index contributed by atoms with van der Waals surface area (Å²) in [5, 5.41) is 6.71. The van der Waals surface area contributed by atoms with Gasteiger partial charge in [-0.15, -0.1) is 0 Å². The van der Waals surface area contributed by atoms with E-state index in [2.05, 4.69) is 10.6 Å². The molecule has 3 aromatic carbocycles. The van der Waals surface area contributed by atoms with Crippen molar-refractivity contribution in [3.05, 3.63) is 82.9 Å². The van der Waals surface area contributed by atoms with Crippen molar-refractivity contribution >= 4 is 46.2 Å². The predicted octanol–water partition coefficient (Wildman–Crippen LogP) is 6.56. The third-order valence-corrected chi connectivity index (χ3v) is 7.17. The topological polar surface area (TPSA) is 62.8 Å². The van der Waals surface area contributed by atoms with E-state index in [-0.39, 0.29) is 10.8 Å². The van der Waals surface area contributed by atoms with Crippen molar-refractivity contribution < 1.29 is 27.4 Å². The Morgan fingerprint density at radius 2 is 1.89 bits per heavy atom. The maximum absolute atomic E-state index is 13.9. The molecular formula is C27H23ClF3N3O3S. The molecule has 2 N–H and O–H groups in total. The zero-order chi connectivity index (χ0) is 27.2. The summed E-state index contributed by atoms with van der Waals surface area (Å²) >= 11 is 11.6. The van der Waals surface area contributed by atoms with E-state index in [1.807, 2.05) is 6.92 Å². The van der Waals surface area contributed by atoms with Crippen LogP contribution in [-0.4, -0.2) is 23.4 Å². The van der Waals surface area contributed by atoms with Crippen molar-refractivity contribution in [2.45, 2.75) is 31.8 Å². The van der Waals surface area contributed by atoms with E-state index in [9.17, 15) is 18.0 Å². The van der Waals surface area contributed by atoms with Crippen molar-refractivity contribution in [3.63, 3.8) is 0 Å². The van der Waals surface area contributed by atoms with Crippen LogP contribution in [0.2, 0.25) is 5.02 Å². The molecular weight excluding hydrogens is 539 g/mol. The van der Waals surface area contributed by atoms with Crippen LogP contribution >= 0.6 is 23.8 Å². The molecule has 6 nitrogen and oxygen atoms in total. The molecule has 38 heavy (non-hydrogen) atoms. The first-order valence-electron chi connectivity index (χ1n) is 11.8. The lowest BCUT2D eigenvalue weighted by Crippen LogP contribution is -2.72. The lowest BCUT2D eigenvalue weighted by Gasteiger charge is -2.56. The van der Waals surface area contributed by atoms with E-state index in [0.717, 1.165) is 12.1 Å². The number of benzene rings is 3. The Hall–Kier alpha value is -3.50. The van der Waals surface area contributed by atoms with E-state index in [1.54, 1.807) is 49.4 Å². The first-order valence-corrected chi connectivity index (χ1v) is 12.6. The normalized spacial score (nSPS) is 22.2. The molecule has 0 radical (unpaired) electrons. The highest BCUT2D eigenvalue weighted by Gasteiger charge is 2.59. The van der Waals surface area contributed by atoms with Crippen LogP contribution in [0.5, 0.6) is 11.5 Å². The van der Waals surface area contributed by atoms with Gasteiger partial charge in [0.05, 0.1) is 18.2 Å². The number of amides is 1. The number of alkyl halides is 3. The summed E-state index contributed by atoms with van der Waals surface area (Å²) in [5.41, 5.74) is -1.09. The lowest BCUT2D eigenvalue weighted by atomic mass is 9.78. The van der Waals surface area contributed by atoms with E-state index >= 15 is 0 Å². The molecule has 11 heteroatoms. The molecule has 2 heterocycles. The Kier molecular flexibility index (Phi) is 6.65. The maximum atomic E-state index is 13.9. The minimum atomic E-state index is -4.57. The highest BCUT2D eigenvalue weighted by Crippen LogP contribution is 2.53. The Morgan fingerprint density at radius 3 is 2.58 bits per heavy atom. The zero-order valence-corrected chi connectivity index (χ0v) is 21.9. The van der Waals surface area contributed by atoms with E-state index in [1.165, 1.54) is 17.0 Å². The fourth-order valence-electron chi connectivity index (χ4n) is 5.00.